The SMILES string of the molecule is COC(=O)c1ccc(C(=O)OCc2nnc(-c3ccccc3)o2)cc1. The Hall–Kier alpha value is -3.48. The summed E-state index contributed by atoms with van der Waals surface area (Å²) in [5.41, 5.74) is 1.44. The summed E-state index contributed by atoms with van der Waals surface area (Å²) in [5, 5.41) is 7.77. The number of nitrogens with zero attached hydrogens (tertiary/aromatic N) is 2. The van der Waals surface area contributed by atoms with Crippen LogP contribution in [0.3, 0.4) is 0 Å². The molecule has 0 atom stereocenters. The molecule has 0 saturated carbocycles. The van der Waals surface area contributed by atoms with Gasteiger partial charge in [-0.2, -0.15) is 0 Å². The molecule has 7 nitrogen and oxygen atoms in total. The molecular formula is C18H14N2O5. The highest BCUT2D eigenvalue weighted by atomic mass is 16.5. The quantitative estimate of drug-likeness (QED) is 0.660. The van der Waals surface area contributed by atoms with Crippen molar-refractivity contribution in [3.63, 3.8) is 0 Å². The van der Waals surface area contributed by atoms with Crippen LogP contribution in [0.2, 0.25) is 0 Å². The maximum Gasteiger partial charge on any atom is 0.338 e. The Kier molecular flexibility index (Phi) is 4.84. The zero-order chi connectivity index (χ0) is 17.6. The Morgan fingerprint density at radius 1 is 0.920 bits per heavy atom. The van der Waals surface area contributed by atoms with Crippen LogP contribution in [-0.4, -0.2) is 29.2 Å². The Balaban J connectivity index is 1.61. The molecule has 0 bridgehead atoms. The standard InChI is InChI=1S/C18H14N2O5/c1-23-17(21)13-7-9-14(10-8-13)18(22)24-11-15-19-20-16(25-15)12-5-3-2-4-6-12/h2-10H,11H2,1H3. The number of rotatable bonds is 5. The first kappa shape index (κ1) is 16.4. The second kappa shape index (κ2) is 7.39. The lowest BCUT2D eigenvalue weighted by molar-refractivity contribution is 0.0437. The second-order valence-electron chi connectivity index (χ2n) is 5.01. The van der Waals surface area contributed by atoms with Gasteiger partial charge in [-0.05, 0) is 36.4 Å². The fourth-order valence-corrected chi connectivity index (χ4v) is 2.08. The first-order valence-corrected chi connectivity index (χ1v) is 7.40. The van der Waals surface area contributed by atoms with Crippen LogP contribution in [0, 0.1) is 0 Å². The van der Waals surface area contributed by atoms with Crippen LogP contribution in [-0.2, 0) is 16.1 Å². The zero-order valence-corrected chi connectivity index (χ0v) is 13.3. The molecule has 0 saturated heterocycles. The van der Waals surface area contributed by atoms with E-state index in [2.05, 4.69) is 14.9 Å². The number of ether oxygens (including phenoxy) is 2. The average molecular weight is 338 g/mol. The molecule has 3 rings (SSSR count). The molecule has 126 valence electrons. The Morgan fingerprint density at radius 3 is 2.20 bits per heavy atom. The molecule has 1 heterocycles. The lowest BCUT2D eigenvalue weighted by Gasteiger charge is -2.03. The molecule has 0 unspecified atom stereocenters. The third-order valence-corrected chi connectivity index (χ3v) is 3.36. The van der Waals surface area contributed by atoms with Gasteiger partial charge in [-0.15, -0.1) is 10.2 Å². The number of aromatic nitrogens is 2. The molecule has 0 N–H and O–H groups in total. The molecule has 0 amide bonds. The maximum absolute atomic E-state index is 12.0. The monoisotopic (exact) mass is 338 g/mol. The molecule has 3 aromatic rings. The number of methoxy groups -OCH3 is 1. The van der Waals surface area contributed by atoms with Gasteiger partial charge >= 0.3 is 11.9 Å². The molecule has 0 radical (unpaired) electrons. The summed E-state index contributed by atoms with van der Waals surface area (Å²) in [6.07, 6.45) is 0. The molecule has 0 fully saturated rings. The lowest BCUT2D eigenvalue weighted by atomic mass is 10.1. The van der Waals surface area contributed by atoms with Gasteiger partial charge in [-0.1, -0.05) is 18.2 Å². The van der Waals surface area contributed by atoms with Gasteiger partial charge in [-0.3, -0.25) is 0 Å². The van der Waals surface area contributed by atoms with Gasteiger partial charge in [0.25, 0.3) is 5.89 Å². The van der Waals surface area contributed by atoms with Crippen molar-refractivity contribution in [1.29, 1.82) is 0 Å². The van der Waals surface area contributed by atoms with E-state index in [4.69, 9.17) is 9.15 Å². The van der Waals surface area contributed by atoms with Crippen LogP contribution in [0.5, 0.6) is 0 Å². The van der Waals surface area contributed by atoms with Crippen molar-refractivity contribution in [3.05, 3.63) is 71.6 Å². The largest absolute Gasteiger partial charge is 0.465 e. The third-order valence-electron chi connectivity index (χ3n) is 3.36. The molecule has 0 spiro atoms. The molecule has 25 heavy (non-hydrogen) atoms. The number of hydrogen-bond acceptors (Lipinski definition) is 7. The minimum atomic E-state index is -0.559. The fraction of sp³-hybridized carbons (Fsp3) is 0.111. The molecular weight excluding hydrogens is 324 g/mol. The van der Waals surface area contributed by atoms with Crippen molar-refractivity contribution in [2.75, 3.05) is 7.11 Å². The molecule has 0 aliphatic heterocycles. The smallest absolute Gasteiger partial charge is 0.338 e. The second-order valence-corrected chi connectivity index (χ2v) is 5.01. The van der Waals surface area contributed by atoms with Crippen LogP contribution in [0.15, 0.2) is 59.0 Å². The lowest BCUT2D eigenvalue weighted by Crippen LogP contribution is -2.07. The van der Waals surface area contributed by atoms with Gasteiger partial charge in [0.1, 0.15) is 0 Å². The summed E-state index contributed by atoms with van der Waals surface area (Å²) in [4.78, 5) is 23.4. The topological polar surface area (TPSA) is 91.5 Å². The Morgan fingerprint density at radius 2 is 1.56 bits per heavy atom. The van der Waals surface area contributed by atoms with E-state index in [1.54, 1.807) is 0 Å². The van der Waals surface area contributed by atoms with Crippen molar-refractivity contribution in [2.24, 2.45) is 0 Å². The first-order chi connectivity index (χ1) is 12.2. The average Bonchev–Trinajstić information content (AvgIpc) is 3.15. The number of carbonyl (C=O) groups excluding carboxylic acids is 2. The molecule has 7 heteroatoms. The molecule has 1 aromatic heterocycles. The van der Waals surface area contributed by atoms with E-state index in [1.807, 2.05) is 30.3 Å². The maximum atomic E-state index is 12.0. The van der Waals surface area contributed by atoms with E-state index in [0.717, 1.165) is 5.56 Å². The van der Waals surface area contributed by atoms with Crippen LogP contribution >= 0.6 is 0 Å². The predicted molar refractivity (Wildman–Crippen MR) is 86.6 cm³/mol. The first-order valence-electron chi connectivity index (χ1n) is 7.40. The van der Waals surface area contributed by atoms with Crippen LogP contribution < -0.4 is 0 Å². The third kappa shape index (κ3) is 3.89. The van der Waals surface area contributed by atoms with E-state index in [9.17, 15) is 9.59 Å². The van der Waals surface area contributed by atoms with E-state index in [-0.39, 0.29) is 12.5 Å². The highest BCUT2D eigenvalue weighted by Gasteiger charge is 2.13. The van der Waals surface area contributed by atoms with Gasteiger partial charge < -0.3 is 13.9 Å². The Labute approximate surface area is 143 Å². The number of hydrogen-bond donors (Lipinski definition) is 0. The van der Waals surface area contributed by atoms with Crippen LogP contribution in [0.4, 0.5) is 0 Å². The number of esters is 2. The normalized spacial score (nSPS) is 10.3. The fourth-order valence-electron chi connectivity index (χ4n) is 2.08. The number of carbonyl (C=O) groups is 2. The highest BCUT2D eigenvalue weighted by Crippen LogP contribution is 2.17. The van der Waals surface area contributed by atoms with E-state index in [1.165, 1.54) is 31.4 Å². The minimum Gasteiger partial charge on any atom is -0.465 e. The van der Waals surface area contributed by atoms with E-state index < -0.39 is 11.9 Å². The number of benzene rings is 2. The van der Waals surface area contributed by atoms with Gasteiger partial charge in [0.15, 0.2) is 6.61 Å². The summed E-state index contributed by atoms with van der Waals surface area (Å²) in [6.45, 7) is -0.141. The van der Waals surface area contributed by atoms with Gasteiger partial charge in [0.05, 0.1) is 18.2 Å². The summed E-state index contributed by atoms with van der Waals surface area (Å²) in [6, 6.07) is 15.2. The summed E-state index contributed by atoms with van der Waals surface area (Å²) >= 11 is 0. The zero-order valence-electron chi connectivity index (χ0n) is 13.3. The molecule has 2 aromatic carbocycles. The summed E-state index contributed by atoms with van der Waals surface area (Å²) < 4.78 is 15.2. The summed E-state index contributed by atoms with van der Waals surface area (Å²) in [5.74, 6) is -0.484. The summed E-state index contributed by atoms with van der Waals surface area (Å²) in [7, 11) is 1.29. The van der Waals surface area contributed by atoms with Crippen LogP contribution in [0.1, 0.15) is 26.6 Å². The van der Waals surface area contributed by atoms with Crippen LogP contribution in [0.25, 0.3) is 11.5 Å². The van der Waals surface area contributed by atoms with E-state index in [0.29, 0.717) is 17.0 Å². The van der Waals surface area contributed by atoms with Crippen molar-refractivity contribution >= 4 is 11.9 Å². The highest BCUT2D eigenvalue weighted by molar-refractivity contribution is 5.93. The minimum absolute atomic E-state index is 0.141. The van der Waals surface area contributed by atoms with Gasteiger partial charge in [0.2, 0.25) is 5.89 Å². The van der Waals surface area contributed by atoms with Crippen molar-refractivity contribution in [3.8, 4) is 11.5 Å². The molecule has 0 aliphatic rings. The van der Waals surface area contributed by atoms with Gasteiger partial charge in [0, 0.05) is 5.56 Å². The van der Waals surface area contributed by atoms with E-state index >= 15 is 0 Å². The van der Waals surface area contributed by atoms with Crippen molar-refractivity contribution < 1.29 is 23.5 Å². The van der Waals surface area contributed by atoms with Crippen molar-refractivity contribution in [2.45, 2.75) is 6.61 Å². The van der Waals surface area contributed by atoms with Crippen molar-refractivity contribution in [1.82, 2.24) is 10.2 Å². The predicted octanol–water partition coefficient (Wildman–Crippen LogP) is 2.88. The molecule has 0 aliphatic carbocycles. The van der Waals surface area contributed by atoms with Gasteiger partial charge in [-0.25, -0.2) is 9.59 Å². The Bertz CT molecular complexity index is 872.